The lowest BCUT2D eigenvalue weighted by Gasteiger charge is -2.07. The van der Waals surface area contributed by atoms with Crippen molar-refractivity contribution in [2.45, 2.75) is 39.8 Å². The number of rotatable bonds is 17. The molecule has 0 saturated carbocycles. The zero-order valence-corrected chi connectivity index (χ0v) is 22.5. The first-order chi connectivity index (χ1) is 18.7. The summed E-state index contributed by atoms with van der Waals surface area (Å²) in [6.07, 6.45) is 6.11. The summed E-state index contributed by atoms with van der Waals surface area (Å²) in [6, 6.07) is 16.6. The average Bonchev–Trinajstić information content (AvgIpc) is 3.60. The van der Waals surface area contributed by atoms with Crippen molar-refractivity contribution in [1.29, 1.82) is 0 Å². The minimum atomic E-state index is 0.729. The number of benzene rings is 2. The van der Waals surface area contributed by atoms with Crippen molar-refractivity contribution >= 4 is 0 Å². The van der Waals surface area contributed by atoms with E-state index in [0.717, 1.165) is 88.0 Å². The highest BCUT2D eigenvalue weighted by Crippen LogP contribution is 2.09. The van der Waals surface area contributed by atoms with Crippen LogP contribution in [0.3, 0.4) is 0 Å². The molecule has 0 aliphatic rings. The molecule has 4 aromatic rings. The number of hydrogen-bond acceptors (Lipinski definition) is 8. The maximum atomic E-state index is 4.25. The van der Waals surface area contributed by atoms with Crippen LogP contribution in [0, 0.1) is 13.8 Å². The van der Waals surface area contributed by atoms with Gasteiger partial charge in [-0.2, -0.15) is 0 Å². The molecule has 0 aliphatic heterocycles. The maximum absolute atomic E-state index is 4.25. The van der Waals surface area contributed by atoms with Crippen LogP contribution < -0.4 is 21.3 Å². The Bertz CT molecular complexity index is 1100. The minimum Gasteiger partial charge on any atom is -0.315 e. The van der Waals surface area contributed by atoms with Gasteiger partial charge in [-0.15, -0.1) is 10.2 Å². The molecule has 0 spiro atoms. The molecular formula is C28H40N10. The Hall–Kier alpha value is -3.44. The molecule has 0 radical (unpaired) electrons. The van der Waals surface area contributed by atoms with E-state index in [-0.39, 0.29) is 0 Å². The molecule has 0 fully saturated rings. The van der Waals surface area contributed by atoms with Crippen molar-refractivity contribution in [3.63, 3.8) is 0 Å². The lowest BCUT2D eigenvalue weighted by atomic mass is 10.2. The average molecular weight is 517 g/mol. The summed E-state index contributed by atoms with van der Waals surface area (Å²) in [4.78, 5) is 0. The van der Waals surface area contributed by atoms with E-state index >= 15 is 0 Å². The van der Waals surface area contributed by atoms with Gasteiger partial charge in [0.2, 0.25) is 0 Å². The maximum Gasteiger partial charge on any atom is 0.0969 e. The lowest BCUT2D eigenvalue weighted by molar-refractivity contribution is 0.553. The minimum absolute atomic E-state index is 0.729. The van der Waals surface area contributed by atoms with Gasteiger partial charge in [-0.25, -0.2) is 9.36 Å². The third kappa shape index (κ3) is 9.14. The molecule has 0 amide bonds. The zero-order chi connectivity index (χ0) is 26.4. The molecule has 4 rings (SSSR count). The van der Waals surface area contributed by atoms with Crippen molar-refractivity contribution in [3.05, 3.63) is 83.4 Å². The SMILES string of the molecule is Cc1ccc(-n2cc(CNCCCNCCNCCCNCc3cn(-c4ccc(C)cc4)nn3)nn2)cc1. The molecule has 0 unspecified atom stereocenters. The quantitative estimate of drug-likeness (QED) is 0.158. The number of aromatic nitrogens is 6. The molecule has 2 aromatic carbocycles. The van der Waals surface area contributed by atoms with E-state index in [1.54, 1.807) is 0 Å². The van der Waals surface area contributed by atoms with Crippen LogP contribution in [-0.2, 0) is 13.1 Å². The summed E-state index contributed by atoms with van der Waals surface area (Å²) < 4.78 is 3.64. The Morgan fingerprint density at radius 1 is 0.526 bits per heavy atom. The van der Waals surface area contributed by atoms with Crippen LogP contribution >= 0.6 is 0 Å². The van der Waals surface area contributed by atoms with E-state index in [2.05, 4.69) is 104 Å². The van der Waals surface area contributed by atoms with E-state index in [1.807, 2.05) is 21.8 Å². The monoisotopic (exact) mass is 516 g/mol. The zero-order valence-electron chi connectivity index (χ0n) is 22.5. The summed E-state index contributed by atoms with van der Waals surface area (Å²) in [5, 5.41) is 30.8. The fraction of sp³-hybridized carbons (Fsp3) is 0.429. The standard InChI is InChI=1S/C28H40N10/c1-23-5-9-27(10-6-23)37-21-25(33-35-37)19-31-15-3-13-29-17-18-30-14-4-16-32-20-26-22-38(36-34-26)28-11-7-24(2)8-12-28/h5-12,21-22,29-32H,3-4,13-20H2,1-2H3. The molecule has 10 nitrogen and oxygen atoms in total. The van der Waals surface area contributed by atoms with Gasteiger partial charge >= 0.3 is 0 Å². The number of aryl methyl sites for hydroxylation is 2. The first-order valence-corrected chi connectivity index (χ1v) is 13.5. The third-order valence-electron chi connectivity index (χ3n) is 6.18. The van der Waals surface area contributed by atoms with Gasteiger partial charge in [0.25, 0.3) is 0 Å². The highest BCUT2D eigenvalue weighted by atomic mass is 15.4. The van der Waals surface area contributed by atoms with Gasteiger partial charge in [-0.3, -0.25) is 0 Å². The molecule has 202 valence electrons. The van der Waals surface area contributed by atoms with Crippen molar-refractivity contribution in [2.24, 2.45) is 0 Å². The van der Waals surface area contributed by atoms with Crippen LogP contribution in [0.5, 0.6) is 0 Å². The largest absolute Gasteiger partial charge is 0.315 e. The fourth-order valence-corrected chi connectivity index (χ4v) is 3.94. The molecule has 0 atom stereocenters. The van der Waals surface area contributed by atoms with Gasteiger partial charge < -0.3 is 21.3 Å². The Morgan fingerprint density at radius 3 is 1.34 bits per heavy atom. The summed E-state index contributed by atoms with van der Waals surface area (Å²) >= 11 is 0. The number of nitrogens with zero attached hydrogens (tertiary/aromatic N) is 6. The molecule has 4 N–H and O–H groups in total. The second kappa shape index (κ2) is 15.1. The van der Waals surface area contributed by atoms with Gasteiger partial charge in [0.15, 0.2) is 0 Å². The topological polar surface area (TPSA) is 110 Å². The van der Waals surface area contributed by atoms with Gasteiger partial charge in [0.05, 0.1) is 35.2 Å². The van der Waals surface area contributed by atoms with Crippen LogP contribution in [-0.4, -0.2) is 69.3 Å². The summed E-state index contributed by atoms with van der Waals surface area (Å²) in [7, 11) is 0. The second-order valence-corrected chi connectivity index (χ2v) is 9.54. The summed E-state index contributed by atoms with van der Waals surface area (Å²) in [6.45, 7) is 11.4. The van der Waals surface area contributed by atoms with Gasteiger partial charge in [0, 0.05) is 26.2 Å². The van der Waals surface area contributed by atoms with Crippen LogP contribution in [0.4, 0.5) is 0 Å². The van der Waals surface area contributed by atoms with Crippen molar-refractivity contribution in [2.75, 3.05) is 39.3 Å². The van der Waals surface area contributed by atoms with E-state index < -0.39 is 0 Å². The summed E-state index contributed by atoms with van der Waals surface area (Å²) in [5.74, 6) is 0. The highest BCUT2D eigenvalue weighted by Gasteiger charge is 2.03. The van der Waals surface area contributed by atoms with Crippen molar-refractivity contribution in [1.82, 2.24) is 51.3 Å². The van der Waals surface area contributed by atoms with Crippen molar-refractivity contribution < 1.29 is 0 Å². The van der Waals surface area contributed by atoms with Crippen LogP contribution in [0.15, 0.2) is 60.9 Å². The van der Waals surface area contributed by atoms with E-state index in [4.69, 9.17) is 0 Å². The van der Waals surface area contributed by atoms with E-state index in [1.165, 1.54) is 11.1 Å². The highest BCUT2D eigenvalue weighted by molar-refractivity contribution is 5.34. The van der Waals surface area contributed by atoms with E-state index in [0.29, 0.717) is 0 Å². The van der Waals surface area contributed by atoms with Gasteiger partial charge in [-0.05, 0) is 77.1 Å². The predicted molar refractivity (Wildman–Crippen MR) is 151 cm³/mol. The fourth-order valence-electron chi connectivity index (χ4n) is 3.94. The Morgan fingerprint density at radius 2 is 0.921 bits per heavy atom. The summed E-state index contributed by atoms with van der Waals surface area (Å²) in [5.41, 5.74) is 6.44. The molecule has 0 bridgehead atoms. The van der Waals surface area contributed by atoms with Crippen LogP contribution in [0.1, 0.15) is 35.4 Å². The molecule has 2 heterocycles. The molecule has 38 heavy (non-hydrogen) atoms. The predicted octanol–water partition coefficient (Wildman–Crippen LogP) is 2.30. The Labute approximate surface area is 225 Å². The third-order valence-corrected chi connectivity index (χ3v) is 6.18. The first kappa shape index (κ1) is 27.6. The van der Waals surface area contributed by atoms with Crippen LogP contribution in [0.25, 0.3) is 11.4 Å². The normalized spacial score (nSPS) is 11.3. The van der Waals surface area contributed by atoms with Gasteiger partial charge in [0.1, 0.15) is 0 Å². The van der Waals surface area contributed by atoms with Crippen molar-refractivity contribution in [3.8, 4) is 11.4 Å². The number of hydrogen-bond donors (Lipinski definition) is 4. The molecule has 0 saturated heterocycles. The Balaban J connectivity index is 0.941. The molecule has 10 heteroatoms. The number of nitrogens with one attached hydrogen (secondary N) is 4. The first-order valence-electron chi connectivity index (χ1n) is 13.5. The van der Waals surface area contributed by atoms with Gasteiger partial charge in [-0.1, -0.05) is 45.8 Å². The van der Waals surface area contributed by atoms with Crippen LogP contribution in [0.2, 0.25) is 0 Å². The smallest absolute Gasteiger partial charge is 0.0969 e. The molecule has 2 aromatic heterocycles. The lowest BCUT2D eigenvalue weighted by Crippen LogP contribution is -2.30. The van der Waals surface area contributed by atoms with E-state index in [9.17, 15) is 0 Å². The molecular weight excluding hydrogens is 476 g/mol. The molecule has 0 aliphatic carbocycles. The second-order valence-electron chi connectivity index (χ2n) is 9.54. The Kier molecular flexibility index (Phi) is 11.0.